The number of hydrazine groups is 1. The molecule has 4 aromatic rings. The van der Waals surface area contributed by atoms with Crippen molar-refractivity contribution >= 4 is 51.1 Å². The number of hydrazone groups is 1. The molecule has 3 aromatic carbocycles. The van der Waals surface area contributed by atoms with Crippen LogP contribution in [-0.4, -0.2) is 21.5 Å². The topological polar surface area (TPSA) is 113 Å². The van der Waals surface area contributed by atoms with Crippen LogP contribution in [0.1, 0.15) is 11.6 Å². The van der Waals surface area contributed by atoms with Crippen molar-refractivity contribution in [1.29, 1.82) is 0 Å². The van der Waals surface area contributed by atoms with Gasteiger partial charge in [-0.1, -0.05) is 72.3 Å². The Kier molecular flexibility index (Phi) is 6.23. The van der Waals surface area contributed by atoms with Crippen molar-refractivity contribution < 1.29 is 9.72 Å². The summed E-state index contributed by atoms with van der Waals surface area (Å²) in [5.74, 6) is -0.385. The van der Waals surface area contributed by atoms with Crippen molar-refractivity contribution in [1.82, 2.24) is 10.4 Å². The first-order chi connectivity index (χ1) is 17.0. The molecule has 2 N–H and O–H groups in total. The van der Waals surface area contributed by atoms with Crippen molar-refractivity contribution in [3.63, 3.8) is 0 Å². The molecule has 1 saturated heterocycles. The molecule has 174 valence electrons. The molecule has 0 aliphatic carbocycles. The van der Waals surface area contributed by atoms with Crippen molar-refractivity contribution in [3.05, 3.63) is 105 Å². The summed E-state index contributed by atoms with van der Waals surface area (Å²) in [4.78, 5) is 28.7. The van der Waals surface area contributed by atoms with Crippen LogP contribution in [0.2, 0.25) is 5.02 Å². The molecule has 0 radical (unpaired) electrons. The van der Waals surface area contributed by atoms with Crippen molar-refractivity contribution in [2.45, 2.75) is 6.04 Å². The zero-order chi connectivity index (χ0) is 24.4. The van der Waals surface area contributed by atoms with Crippen molar-refractivity contribution in [3.8, 4) is 11.3 Å². The first-order valence-corrected chi connectivity index (χ1v) is 11.7. The fourth-order valence-electron chi connectivity index (χ4n) is 3.57. The van der Waals surface area contributed by atoms with E-state index in [9.17, 15) is 14.9 Å². The van der Waals surface area contributed by atoms with Crippen LogP contribution in [-0.2, 0) is 4.79 Å². The fraction of sp³-hybridized carbons (Fsp3) is 0.0417. The van der Waals surface area contributed by atoms with Gasteiger partial charge < -0.3 is 0 Å². The summed E-state index contributed by atoms with van der Waals surface area (Å²) in [6.07, 6.45) is 0. The Balaban J connectivity index is 1.47. The summed E-state index contributed by atoms with van der Waals surface area (Å²) in [5.41, 5.74) is 8.74. The maximum absolute atomic E-state index is 13.4. The number of thiazole rings is 1. The summed E-state index contributed by atoms with van der Waals surface area (Å²) in [5, 5.41) is 19.3. The molecule has 11 heteroatoms. The third kappa shape index (κ3) is 4.62. The lowest BCUT2D eigenvalue weighted by Gasteiger charge is -2.14. The highest BCUT2D eigenvalue weighted by Gasteiger charge is 2.40. The average Bonchev–Trinajstić information content (AvgIpc) is 3.49. The second-order valence-corrected chi connectivity index (χ2v) is 8.77. The largest absolute Gasteiger partial charge is 0.292 e. The predicted octanol–water partition coefficient (Wildman–Crippen LogP) is 5.43. The van der Waals surface area contributed by atoms with Crippen molar-refractivity contribution in [2.75, 3.05) is 10.4 Å². The van der Waals surface area contributed by atoms with Gasteiger partial charge in [0, 0.05) is 17.0 Å². The molecule has 35 heavy (non-hydrogen) atoms. The number of nitrogens with zero attached hydrogens (tertiary/aromatic N) is 4. The Hall–Kier alpha value is -4.12. The molecule has 1 aromatic heterocycles. The number of benzene rings is 3. The van der Waals surface area contributed by atoms with Crippen LogP contribution in [0.3, 0.4) is 0 Å². The summed E-state index contributed by atoms with van der Waals surface area (Å²) in [6.45, 7) is 0. The quantitative estimate of drug-likeness (QED) is 0.267. The highest BCUT2D eigenvalue weighted by atomic mass is 35.5. The molecule has 1 atom stereocenters. The molecule has 0 spiro atoms. The van der Waals surface area contributed by atoms with Crippen LogP contribution in [0.5, 0.6) is 0 Å². The van der Waals surface area contributed by atoms with Crippen LogP contribution in [0.25, 0.3) is 11.3 Å². The smallest absolute Gasteiger partial charge is 0.278 e. The molecular weight excluding hydrogens is 488 g/mol. The Bertz CT molecular complexity index is 1430. The minimum atomic E-state index is -0.579. The minimum absolute atomic E-state index is 0.0122. The Morgan fingerprint density at radius 3 is 2.51 bits per heavy atom. The van der Waals surface area contributed by atoms with E-state index >= 15 is 0 Å². The molecule has 1 aliphatic heterocycles. The van der Waals surface area contributed by atoms with Gasteiger partial charge in [0.1, 0.15) is 11.1 Å². The maximum atomic E-state index is 13.4. The maximum Gasteiger partial charge on any atom is 0.292 e. The van der Waals surface area contributed by atoms with E-state index in [0.29, 0.717) is 10.8 Å². The zero-order valence-corrected chi connectivity index (χ0v) is 19.5. The van der Waals surface area contributed by atoms with Gasteiger partial charge in [0.15, 0.2) is 5.71 Å². The Labute approximate surface area is 208 Å². The second-order valence-electron chi connectivity index (χ2n) is 7.53. The standard InChI is InChI=1S/C24H17ClN6O3S/c25-18-12-11-17(13-20(18)31(33)34)27-28-22-21(16-9-5-2-6-10-16)29-30(23(22)32)24-26-19(14-35-24)15-7-3-1-4-8-15/h1-14,21,27,29H/b28-22+. The average molecular weight is 505 g/mol. The van der Waals surface area contributed by atoms with E-state index < -0.39 is 11.0 Å². The SMILES string of the molecule is O=C1/C(=N/Nc2ccc(Cl)c([N+](=O)[O-])c2)C(c2ccccc2)NN1c1nc(-c2ccccc2)cs1. The molecular formula is C24H17ClN6O3S. The summed E-state index contributed by atoms with van der Waals surface area (Å²) in [6, 6.07) is 22.7. The van der Waals surface area contributed by atoms with Gasteiger partial charge in [0.05, 0.1) is 16.3 Å². The number of nitro benzene ring substituents is 1. The minimum Gasteiger partial charge on any atom is -0.278 e. The number of nitrogens with one attached hydrogen (secondary N) is 2. The number of carbonyl (C=O) groups excluding carboxylic acids is 1. The molecule has 2 heterocycles. The number of halogens is 1. The number of amides is 1. The molecule has 9 nitrogen and oxygen atoms in total. The van der Waals surface area contributed by atoms with Crippen LogP contribution in [0.15, 0.2) is 89.3 Å². The van der Waals surface area contributed by atoms with Gasteiger partial charge in [-0.05, 0) is 17.7 Å². The molecule has 1 amide bonds. The van der Waals surface area contributed by atoms with Crippen LogP contribution >= 0.6 is 22.9 Å². The van der Waals surface area contributed by atoms with Gasteiger partial charge in [-0.15, -0.1) is 11.3 Å². The third-order valence-electron chi connectivity index (χ3n) is 5.29. The van der Waals surface area contributed by atoms with E-state index in [1.807, 2.05) is 66.0 Å². The van der Waals surface area contributed by atoms with E-state index in [4.69, 9.17) is 11.6 Å². The lowest BCUT2D eigenvalue weighted by atomic mass is 10.0. The zero-order valence-electron chi connectivity index (χ0n) is 18.0. The molecule has 5 rings (SSSR count). The Morgan fingerprint density at radius 2 is 1.80 bits per heavy atom. The predicted molar refractivity (Wildman–Crippen MR) is 137 cm³/mol. The normalized spacial score (nSPS) is 16.6. The van der Waals surface area contributed by atoms with E-state index in [-0.39, 0.29) is 22.3 Å². The van der Waals surface area contributed by atoms with E-state index in [0.717, 1.165) is 16.8 Å². The highest BCUT2D eigenvalue weighted by Crippen LogP contribution is 2.32. The monoisotopic (exact) mass is 504 g/mol. The summed E-state index contributed by atoms with van der Waals surface area (Å²) < 4.78 is 0. The van der Waals surface area contributed by atoms with E-state index in [1.165, 1.54) is 28.5 Å². The number of nitro groups is 1. The second kappa shape index (κ2) is 9.63. The highest BCUT2D eigenvalue weighted by molar-refractivity contribution is 7.14. The molecule has 0 saturated carbocycles. The number of carbonyl (C=O) groups is 1. The van der Waals surface area contributed by atoms with Gasteiger partial charge in [-0.2, -0.15) is 5.10 Å². The lowest BCUT2D eigenvalue weighted by molar-refractivity contribution is -0.384. The number of hydrogen-bond acceptors (Lipinski definition) is 8. The number of aromatic nitrogens is 1. The number of anilines is 2. The fourth-order valence-corrected chi connectivity index (χ4v) is 4.56. The van der Waals surface area contributed by atoms with Crippen LogP contribution in [0.4, 0.5) is 16.5 Å². The van der Waals surface area contributed by atoms with Gasteiger partial charge in [0.25, 0.3) is 11.6 Å². The number of rotatable bonds is 6. The first kappa shape index (κ1) is 22.7. The van der Waals surface area contributed by atoms with Gasteiger partial charge in [-0.3, -0.25) is 20.3 Å². The van der Waals surface area contributed by atoms with Gasteiger partial charge >= 0.3 is 0 Å². The molecule has 1 aliphatic rings. The third-order valence-corrected chi connectivity index (χ3v) is 6.43. The first-order valence-electron chi connectivity index (χ1n) is 10.5. The van der Waals surface area contributed by atoms with Gasteiger partial charge in [0.2, 0.25) is 5.13 Å². The van der Waals surface area contributed by atoms with Crippen molar-refractivity contribution in [2.24, 2.45) is 5.10 Å². The Morgan fingerprint density at radius 1 is 1.09 bits per heavy atom. The molecule has 1 fully saturated rings. The summed E-state index contributed by atoms with van der Waals surface area (Å²) in [7, 11) is 0. The van der Waals surface area contributed by atoms with E-state index in [1.54, 1.807) is 6.07 Å². The molecule has 1 unspecified atom stereocenters. The number of hydrogen-bond donors (Lipinski definition) is 2. The van der Waals surface area contributed by atoms with E-state index in [2.05, 4.69) is 20.9 Å². The molecule has 0 bridgehead atoms. The van der Waals surface area contributed by atoms with Gasteiger partial charge in [-0.25, -0.2) is 15.4 Å². The lowest BCUT2D eigenvalue weighted by Crippen LogP contribution is -2.35. The van der Waals surface area contributed by atoms with Crippen LogP contribution < -0.4 is 15.9 Å². The van der Waals surface area contributed by atoms with Crippen LogP contribution in [0, 0.1) is 10.1 Å². The summed E-state index contributed by atoms with van der Waals surface area (Å²) >= 11 is 7.23.